The molecule has 0 aliphatic carbocycles. The summed E-state index contributed by atoms with van der Waals surface area (Å²) in [5.74, 6) is -0.765. The second kappa shape index (κ2) is 10.7. The van der Waals surface area contributed by atoms with Crippen LogP contribution < -0.4 is 5.56 Å². The van der Waals surface area contributed by atoms with E-state index in [0.29, 0.717) is 33.9 Å². The number of aromatic amines is 1. The molecule has 0 spiro atoms. The normalized spacial score (nSPS) is 10.8. The molecule has 15 heteroatoms. The summed E-state index contributed by atoms with van der Waals surface area (Å²) in [5, 5.41) is 41.3. The van der Waals surface area contributed by atoms with Crippen LogP contribution in [0.5, 0.6) is 5.75 Å². The number of nitro groups is 3. The van der Waals surface area contributed by atoms with E-state index in [1.165, 1.54) is 11.8 Å². The maximum Gasteiger partial charge on any atom is 0.324 e. The van der Waals surface area contributed by atoms with E-state index < -0.39 is 37.6 Å². The molecule has 0 saturated heterocycles. The highest BCUT2D eigenvalue weighted by atomic mass is 32.2. The molecule has 0 unspecified atom stereocenters. The summed E-state index contributed by atoms with van der Waals surface area (Å²) in [5.41, 5.74) is -2.89. The molecule has 3 aromatic rings. The first-order valence-corrected chi connectivity index (χ1v) is 10.7. The molecule has 0 radical (unpaired) electrons. The predicted octanol–water partition coefficient (Wildman–Crippen LogP) is 3.75. The van der Waals surface area contributed by atoms with Gasteiger partial charge in [-0.3, -0.25) is 39.9 Å². The average molecular weight is 505 g/mol. The minimum absolute atomic E-state index is 0.133. The number of phenols is 1. The van der Waals surface area contributed by atoms with E-state index >= 15 is 0 Å². The first-order valence-electron chi connectivity index (χ1n) is 9.67. The maximum absolute atomic E-state index is 11.8. The van der Waals surface area contributed by atoms with Gasteiger partial charge in [0.1, 0.15) is 5.78 Å². The maximum atomic E-state index is 11.8. The van der Waals surface area contributed by atoms with Crippen LogP contribution in [0.4, 0.5) is 17.1 Å². The molecule has 2 N–H and O–H groups in total. The number of ketones is 1. The molecular weight excluding hydrogens is 486 g/mol. The molecule has 0 aliphatic rings. The largest absolute Gasteiger partial charge is 0.497 e. The van der Waals surface area contributed by atoms with Crippen LogP contribution in [0.3, 0.4) is 0 Å². The molecule has 0 saturated carbocycles. The van der Waals surface area contributed by atoms with Gasteiger partial charge in [-0.05, 0) is 12.1 Å². The standard InChI is InChI=1S/C14H16N2O2S.C6H3N3O7/c1-14(2,3)11(17)8-19-13-15-10-7-5-4-6-9(10)12(18)16-13;10-6-4(8(13)14)1-3(7(11)12)2-5(6)9(15)16/h4-7H,8H2,1-3H3,(H,15,16,18);1-2,10H. The van der Waals surface area contributed by atoms with Gasteiger partial charge in [0.15, 0.2) is 5.16 Å². The van der Waals surface area contributed by atoms with Crippen molar-refractivity contribution in [2.24, 2.45) is 5.41 Å². The molecule has 14 nitrogen and oxygen atoms in total. The first kappa shape index (κ1) is 26.8. The number of hydrogen-bond donors (Lipinski definition) is 2. The third kappa shape index (κ3) is 6.80. The minimum atomic E-state index is -1.21. The zero-order chi connectivity index (χ0) is 26.5. The van der Waals surface area contributed by atoms with Crippen LogP contribution in [0.2, 0.25) is 0 Å². The summed E-state index contributed by atoms with van der Waals surface area (Å²) in [7, 11) is 0. The lowest BCUT2D eigenvalue weighted by Crippen LogP contribution is -2.22. The number of para-hydroxylation sites is 1. The van der Waals surface area contributed by atoms with Crippen LogP contribution in [0.15, 0.2) is 46.3 Å². The Hall–Kier alpha value is -4.40. The number of non-ortho nitro benzene ring substituents is 1. The number of nitrogens with one attached hydrogen (secondary N) is 1. The first-order chi connectivity index (χ1) is 16.2. The van der Waals surface area contributed by atoms with Crippen molar-refractivity contribution >= 4 is 45.5 Å². The van der Waals surface area contributed by atoms with Gasteiger partial charge in [-0.1, -0.05) is 44.7 Å². The Labute approximate surface area is 200 Å². The van der Waals surface area contributed by atoms with Gasteiger partial charge in [-0.15, -0.1) is 0 Å². The fraction of sp³-hybridized carbons (Fsp3) is 0.250. The molecule has 2 aromatic carbocycles. The average Bonchev–Trinajstić information content (AvgIpc) is 2.76. The number of carbonyl (C=O) groups excluding carboxylic acids is 1. The topological polar surface area (TPSA) is 212 Å². The van der Waals surface area contributed by atoms with E-state index in [4.69, 9.17) is 5.11 Å². The molecular formula is C20H19N5O9S. The van der Waals surface area contributed by atoms with E-state index in [9.17, 15) is 39.9 Å². The van der Waals surface area contributed by atoms with Gasteiger partial charge < -0.3 is 10.1 Å². The lowest BCUT2D eigenvalue weighted by molar-refractivity contribution is -0.404. The summed E-state index contributed by atoms with van der Waals surface area (Å²) in [6.45, 7) is 5.64. The number of fused-ring (bicyclic) bond motifs is 1. The van der Waals surface area contributed by atoms with Crippen LogP contribution in [0, 0.1) is 35.8 Å². The number of nitro benzene ring substituents is 3. The Bertz CT molecular complexity index is 1350. The molecule has 1 aromatic heterocycles. The van der Waals surface area contributed by atoms with Crippen molar-refractivity contribution in [2.45, 2.75) is 25.9 Å². The molecule has 35 heavy (non-hydrogen) atoms. The van der Waals surface area contributed by atoms with Crippen molar-refractivity contribution in [1.29, 1.82) is 0 Å². The summed E-state index contributed by atoms with van der Waals surface area (Å²) in [4.78, 5) is 58.5. The second-order valence-corrected chi connectivity index (χ2v) is 8.92. The molecule has 0 bridgehead atoms. The van der Waals surface area contributed by atoms with Gasteiger partial charge in [0.25, 0.3) is 17.0 Å². The van der Waals surface area contributed by atoms with Crippen LogP contribution in [0.25, 0.3) is 10.9 Å². The number of nitrogens with zero attached hydrogens (tertiary/aromatic N) is 4. The summed E-state index contributed by atoms with van der Waals surface area (Å²) < 4.78 is 0. The Morgan fingerprint density at radius 1 is 1.03 bits per heavy atom. The van der Waals surface area contributed by atoms with Crippen LogP contribution in [0.1, 0.15) is 20.8 Å². The number of carbonyl (C=O) groups is 1. The summed E-state index contributed by atoms with van der Waals surface area (Å²) in [6.07, 6.45) is 0. The van der Waals surface area contributed by atoms with E-state index in [2.05, 4.69) is 9.97 Å². The third-order valence-corrected chi connectivity index (χ3v) is 5.30. The van der Waals surface area contributed by atoms with Crippen LogP contribution in [-0.4, -0.2) is 41.4 Å². The van der Waals surface area contributed by atoms with Gasteiger partial charge in [-0.25, -0.2) is 4.98 Å². The highest BCUT2D eigenvalue weighted by molar-refractivity contribution is 7.99. The number of benzene rings is 2. The van der Waals surface area contributed by atoms with E-state index in [0.717, 1.165) is 0 Å². The summed E-state index contributed by atoms with van der Waals surface area (Å²) in [6, 6.07) is 8.06. The summed E-state index contributed by atoms with van der Waals surface area (Å²) >= 11 is 1.27. The Balaban J connectivity index is 0.000000251. The third-order valence-electron chi connectivity index (χ3n) is 4.43. The van der Waals surface area contributed by atoms with E-state index in [1.54, 1.807) is 18.2 Å². The molecule has 0 aliphatic heterocycles. The zero-order valence-electron chi connectivity index (χ0n) is 18.6. The van der Waals surface area contributed by atoms with Gasteiger partial charge in [0.05, 0.1) is 43.6 Å². The van der Waals surface area contributed by atoms with Crippen molar-refractivity contribution in [2.75, 3.05) is 5.75 Å². The van der Waals surface area contributed by atoms with Crippen LogP contribution in [-0.2, 0) is 4.79 Å². The number of Topliss-reactive ketones (excluding diaryl/α,β-unsaturated/α-hetero) is 1. The zero-order valence-corrected chi connectivity index (χ0v) is 19.4. The highest BCUT2D eigenvalue weighted by Gasteiger charge is 2.30. The van der Waals surface area contributed by atoms with Crippen molar-refractivity contribution in [1.82, 2.24) is 9.97 Å². The fourth-order valence-electron chi connectivity index (χ4n) is 2.46. The molecule has 0 amide bonds. The molecule has 184 valence electrons. The van der Waals surface area contributed by atoms with E-state index in [1.807, 2.05) is 26.8 Å². The molecule has 0 atom stereocenters. The molecule has 0 fully saturated rings. The molecule has 1 heterocycles. The van der Waals surface area contributed by atoms with Crippen molar-refractivity contribution in [3.05, 3.63) is 77.1 Å². The number of thioether (sulfide) groups is 1. The van der Waals surface area contributed by atoms with Gasteiger partial charge >= 0.3 is 11.4 Å². The van der Waals surface area contributed by atoms with Crippen molar-refractivity contribution in [3.63, 3.8) is 0 Å². The highest BCUT2D eigenvalue weighted by Crippen LogP contribution is 2.38. The smallest absolute Gasteiger partial charge is 0.324 e. The Kier molecular flexibility index (Phi) is 8.20. The number of H-pyrrole nitrogens is 1. The van der Waals surface area contributed by atoms with Gasteiger partial charge in [0.2, 0.25) is 0 Å². The number of aromatic hydroxyl groups is 1. The quantitative estimate of drug-likeness (QED) is 0.213. The number of hydrogen-bond acceptors (Lipinski definition) is 11. The van der Waals surface area contributed by atoms with E-state index in [-0.39, 0.29) is 16.8 Å². The second-order valence-electron chi connectivity index (χ2n) is 7.95. The van der Waals surface area contributed by atoms with Crippen molar-refractivity contribution in [3.8, 4) is 5.75 Å². The minimum Gasteiger partial charge on any atom is -0.497 e. The van der Waals surface area contributed by atoms with Gasteiger partial charge in [-0.2, -0.15) is 0 Å². The Morgan fingerprint density at radius 3 is 2.06 bits per heavy atom. The monoisotopic (exact) mass is 505 g/mol. The fourth-order valence-corrected chi connectivity index (χ4v) is 3.49. The Morgan fingerprint density at radius 2 is 1.57 bits per heavy atom. The lowest BCUT2D eigenvalue weighted by Gasteiger charge is -2.15. The van der Waals surface area contributed by atoms with Gasteiger partial charge in [0, 0.05) is 5.41 Å². The predicted molar refractivity (Wildman–Crippen MR) is 126 cm³/mol. The number of rotatable bonds is 6. The number of aromatic nitrogens is 2. The molecule has 3 rings (SSSR count). The van der Waals surface area contributed by atoms with Crippen molar-refractivity contribution < 1.29 is 24.7 Å². The lowest BCUT2D eigenvalue weighted by atomic mass is 9.92. The number of phenolic OH excluding ortho intramolecular Hbond substituents is 1. The van der Waals surface area contributed by atoms with Crippen LogP contribution >= 0.6 is 11.8 Å². The SMILES string of the molecule is CC(C)(C)C(=O)CSc1nc2ccccc2c(=O)[nH]1.O=[N+]([O-])c1cc([N+](=O)[O-])c(O)c([N+](=O)[O-])c1.